The fourth-order valence-electron chi connectivity index (χ4n) is 3.58. The maximum absolute atomic E-state index is 5.94. The number of fused-ring (bicyclic) bond motifs is 1. The molecule has 5 rings (SSSR count). The Morgan fingerprint density at radius 1 is 0.853 bits per heavy atom. The smallest absolute Gasteiger partial charge is 0.230 e. The number of nitrogens with one attached hydrogen (secondary N) is 1. The molecule has 0 spiro atoms. The van der Waals surface area contributed by atoms with Gasteiger partial charge in [0.15, 0.2) is 5.82 Å². The number of benzene rings is 1. The highest BCUT2D eigenvalue weighted by molar-refractivity contribution is 5.94. The van der Waals surface area contributed by atoms with Gasteiger partial charge in [0, 0.05) is 29.2 Å². The molecule has 0 fully saturated rings. The second-order valence-corrected chi connectivity index (χ2v) is 7.90. The number of ether oxygens (including phenoxy) is 1. The van der Waals surface area contributed by atoms with Gasteiger partial charge in [-0.2, -0.15) is 5.10 Å². The molecule has 0 saturated heterocycles. The summed E-state index contributed by atoms with van der Waals surface area (Å²) in [6.45, 7) is 4.22. The topological polar surface area (TPSA) is 125 Å². The van der Waals surface area contributed by atoms with Crippen LogP contribution in [0.25, 0.3) is 22.0 Å². The summed E-state index contributed by atoms with van der Waals surface area (Å²) in [7, 11) is 0. The number of nitrogens with two attached hydrogens (primary N) is 1. The molecule has 9 nitrogen and oxygen atoms in total. The maximum atomic E-state index is 5.94. The molecular formula is C25H22N8O. The fourth-order valence-corrected chi connectivity index (χ4v) is 3.58. The Morgan fingerprint density at radius 3 is 2.47 bits per heavy atom. The van der Waals surface area contributed by atoms with Crippen molar-refractivity contribution in [2.45, 2.75) is 19.8 Å². The molecule has 34 heavy (non-hydrogen) atoms. The quantitative estimate of drug-likeness (QED) is 0.362. The minimum absolute atomic E-state index is 0.179. The van der Waals surface area contributed by atoms with Crippen molar-refractivity contribution in [1.29, 1.82) is 0 Å². The summed E-state index contributed by atoms with van der Waals surface area (Å²) in [5.74, 6) is 1.88. The third-order valence-electron chi connectivity index (χ3n) is 5.18. The van der Waals surface area contributed by atoms with Gasteiger partial charge in [-0.25, -0.2) is 19.9 Å². The molecule has 0 bridgehead atoms. The van der Waals surface area contributed by atoms with E-state index in [1.165, 1.54) is 0 Å². The number of anilines is 3. The van der Waals surface area contributed by atoms with Crippen LogP contribution in [-0.4, -0.2) is 30.1 Å². The van der Waals surface area contributed by atoms with Gasteiger partial charge in [-0.1, -0.05) is 38.1 Å². The van der Waals surface area contributed by atoms with E-state index in [2.05, 4.69) is 55.4 Å². The van der Waals surface area contributed by atoms with Crippen LogP contribution < -0.4 is 15.8 Å². The van der Waals surface area contributed by atoms with Crippen LogP contribution in [-0.2, 0) is 0 Å². The molecule has 0 saturated carbocycles. The van der Waals surface area contributed by atoms with Gasteiger partial charge < -0.3 is 15.8 Å². The predicted octanol–water partition coefficient (Wildman–Crippen LogP) is 5.12. The van der Waals surface area contributed by atoms with Crippen molar-refractivity contribution in [3.8, 4) is 23.0 Å². The third-order valence-corrected chi connectivity index (χ3v) is 5.18. The van der Waals surface area contributed by atoms with E-state index in [1.807, 2.05) is 30.3 Å². The largest absolute Gasteiger partial charge is 0.420 e. The molecule has 0 unspecified atom stereocenters. The summed E-state index contributed by atoms with van der Waals surface area (Å²) in [6.07, 6.45) is 4.91. The Labute approximate surface area is 196 Å². The average Bonchev–Trinajstić information content (AvgIpc) is 2.85. The molecule has 0 aliphatic carbocycles. The number of nitrogens with zero attached hydrogens (tertiary/aromatic N) is 6. The zero-order valence-electron chi connectivity index (χ0n) is 18.7. The van der Waals surface area contributed by atoms with E-state index in [4.69, 9.17) is 10.5 Å². The van der Waals surface area contributed by atoms with Gasteiger partial charge in [0.25, 0.3) is 0 Å². The zero-order valence-corrected chi connectivity index (χ0v) is 18.7. The monoisotopic (exact) mass is 450 g/mol. The van der Waals surface area contributed by atoms with Crippen molar-refractivity contribution >= 4 is 28.2 Å². The normalized spacial score (nSPS) is 11.0. The molecule has 0 radical (unpaired) electrons. The Hall–Kier alpha value is -4.66. The first-order chi connectivity index (χ1) is 16.6. The van der Waals surface area contributed by atoms with E-state index in [0.717, 1.165) is 22.2 Å². The molecule has 9 heteroatoms. The summed E-state index contributed by atoms with van der Waals surface area (Å²) in [5, 5.41) is 14.2. The van der Waals surface area contributed by atoms with Crippen molar-refractivity contribution in [2.24, 2.45) is 0 Å². The number of rotatable bonds is 6. The molecule has 0 aliphatic rings. The van der Waals surface area contributed by atoms with E-state index < -0.39 is 0 Å². The van der Waals surface area contributed by atoms with Gasteiger partial charge in [-0.3, -0.25) is 0 Å². The van der Waals surface area contributed by atoms with E-state index in [1.54, 1.807) is 36.8 Å². The van der Waals surface area contributed by atoms with E-state index >= 15 is 0 Å². The number of hydrogen-bond donors (Lipinski definition) is 2. The van der Waals surface area contributed by atoms with Crippen molar-refractivity contribution in [1.82, 2.24) is 30.1 Å². The Morgan fingerprint density at radius 2 is 1.71 bits per heavy atom. The Balaban J connectivity index is 1.39. The van der Waals surface area contributed by atoms with Crippen LogP contribution >= 0.6 is 0 Å². The molecular weight excluding hydrogens is 428 g/mol. The minimum Gasteiger partial charge on any atom is -0.420 e. The van der Waals surface area contributed by atoms with Crippen LogP contribution in [0.5, 0.6) is 11.8 Å². The van der Waals surface area contributed by atoms with Crippen molar-refractivity contribution in [3.05, 3.63) is 78.9 Å². The molecule has 0 amide bonds. The first-order valence-corrected chi connectivity index (χ1v) is 10.8. The van der Waals surface area contributed by atoms with Crippen LogP contribution in [0.1, 0.15) is 25.5 Å². The molecule has 1 aromatic carbocycles. The fraction of sp³-hybridized carbons (Fsp3) is 0.120. The summed E-state index contributed by atoms with van der Waals surface area (Å²) >= 11 is 0. The summed E-state index contributed by atoms with van der Waals surface area (Å²) in [5.41, 5.74) is 8.76. The first kappa shape index (κ1) is 21.2. The van der Waals surface area contributed by atoms with Gasteiger partial charge in [0.2, 0.25) is 17.7 Å². The lowest BCUT2D eigenvalue weighted by Gasteiger charge is -2.13. The number of aromatic nitrogens is 6. The lowest BCUT2D eigenvalue weighted by molar-refractivity contribution is 0.446. The van der Waals surface area contributed by atoms with Crippen LogP contribution in [0.3, 0.4) is 0 Å². The van der Waals surface area contributed by atoms with Crippen molar-refractivity contribution < 1.29 is 4.74 Å². The zero-order chi connectivity index (χ0) is 23.5. The number of hydrogen-bond acceptors (Lipinski definition) is 9. The lowest BCUT2D eigenvalue weighted by Crippen LogP contribution is -2.03. The van der Waals surface area contributed by atoms with E-state index in [0.29, 0.717) is 28.8 Å². The molecule has 168 valence electrons. The van der Waals surface area contributed by atoms with Gasteiger partial charge in [0.05, 0.1) is 28.8 Å². The summed E-state index contributed by atoms with van der Waals surface area (Å²) < 4.78 is 5.94. The molecule has 0 aliphatic heterocycles. The van der Waals surface area contributed by atoms with Crippen molar-refractivity contribution in [3.63, 3.8) is 0 Å². The summed E-state index contributed by atoms with van der Waals surface area (Å²) in [6, 6.07) is 17.1. The minimum atomic E-state index is 0.179. The molecule has 4 aromatic heterocycles. The second-order valence-electron chi connectivity index (χ2n) is 7.90. The average molecular weight is 451 g/mol. The SMILES string of the molecule is CC(C)c1nnc(Nc2ccc(Oc3ncccc3-c3ccnc(N)n3)nc2)c2ccccc12. The van der Waals surface area contributed by atoms with Gasteiger partial charge in [-0.05, 0) is 30.2 Å². The number of pyridine rings is 2. The van der Waals surface area contributed by atoms with Crippen LogP contribution in [0, 0.1) is 0 Å². The predicted molar refractivity (Wildman–Crippen MR) is 131 cm³/mol. The number of nitrogen functional groups attached to an aromatic ring is 1. The van der Waals surface area contributed by atoms with Crippen LogP contribution in [0.2, 0.25) is 0 Å². The lowest BCUT2D eigenvalue weighted by atomic mass is 10.0. The molecule has 5 aromatic rings. The standard InChI is InChI=1S/C25H22N8O/c1-15(2)22-17-6-3-4-7-18(17)23(33-32-22)30-16-9-10-21(29-14-16)34-24-19(8-5-12-27-24)20-11-13-28-25(26)31-20/h3-15H,1-2H3,(H,30,33)(H2,26,28,31). The first-order valence-electron chi connectivity index (χ1n) is 10.8. The van der Waals surface area contributed by atoms with Crippen molar-refractivity contribution in [2.75, 3.05) is 11.1 Å². The van der Waals surface area contributed by atoms with E-state index in [9.17, 15) is 0 Å². The Kier molecular flexibility index (Phi) is 5.65. The second kappa shape index (κ2) is 9.07. The highest BCUT2D eigenvalue weighted by atomic mass is 16.5. The van der Waals surface area contributed by atoms with Gasteiger partial charge in [0.1, 0.15) is 0 Å². The summed E-state index contributed by atoms with van der Waals surface area (Å²) in [4.78, 5) is 16.9. The van der Waals surface area contributed by atoms with Crippen LogP contribution in [0.15, 0.2) is 73.2 Å². The highest BCUT2D eigenvalue weighted by Crippen LogP contribution is 2.31. The highest BCUT2D eigenvalue weighted by Gasteiger charge is 2.13. The Bertz CT molecular complexity index is 1450. The van der Waals surface area contributed by atoms with E-state index in [-0.39, 0.29) is 11.9 Å². The van der Waals surface area contributed by atoms with Crippen LogP contribution in [0.4, 0.5) is 17.5 Å². The maximum Gasteiger partial charge on any atom is 0.230 e. The molecule has 3 N–H and O–H groups in total. The molecule has 0 atom stereocenters. The van der Waals surface area contributed by atoms with Gasteiger partial charge in [-0.15, -0.1) is 5.10 Å². The molecule has 4 heterocycles. The van der Waals surface area contributed by atoms with Gasteiger partial charge >= 0.3 is 0 Å². The third kappa shape index (κ3) is 4.31.